The Morgan fingerprint density at radius 1 is 1.15 bits per heavy atom. The van der Waals surface area contributed by atoms with E-state index in [1.807, 2.05) is 36.7 Å². The number of nitrogens with zero attached hydrogens (tertiary/aromatic N) is 3. The summed E-state index contributed by atoms with van der Waals surface area (Å²) < 4.78 is 7.34. The smallest absolute Gasteiger partial charge is 0.251 e. The summed E-state index contributed by atoms with van der Waals surface area (Å²) in [5.41, 5.74) is 4.74. The minimum atomic E-state index is -0.0905. The number of carbonyl (C=O) groups is 1. The van der Waals surface area contributed by atoms with Crippen LogP contribution in [-0.4, -0.2) is 41.8 Å². The van der Waals surface area contributed by atoms with Crippen molar-refractivity contribution in [2.75, 3.05) is 31.2 Å². The van der Waals surface area contributed by atoms with Crippen LogP contribution in [0.2, 0.25) is 0 Å². The Morgan fingerprint density at radius 3 is 2.63 bits per heavy atom. The first kappa shape index (κ1) is 17.5. The third-order valence-corrected chi connectivity index (χ3v) is 5.10. The summed E-state index contributed by atoms with van der Waals surface area (Å²) in [4.78, 5) is 19.3. The topological polar surface area (TPSA) is 59.4 Å². The Hall–Kier alpha value is -2.86. The average Bonchev–Trinajstić information content (AvgIpc) is 3.09. The number of nitrogens with one attached hydrogen (secondary N) is 1. The molecule has 1 fully saturated rings. The Morgan fingerprint density at radius 2 is 1.89 bits per heavy atom. The Labute approximate surface area is 158 Å². The molecule has 1 unspecified atom stereocenters. The van der Waals surface area contributed by atoms with E-state index in [9.17, 15) is 4.79 Å². The third-order valence-electron chi connectivity index (χ3n) is 5.10. The summed E-state index contributed by atoms with van der Waals surface area (Å²) in [7, 11) is 1.94. The summed E-state index contributed by atoms with van der Waals surface area (Å²) in [6, 6.07) is 13.9. The first-order valence-electron chi connectivity index (χ1n) is 9.26. The fourth-order valence-electron chi connectivity index (χ4n) is 3.44. The van der Waals surface area contributed by atoms with Crippen molar-refractivity contribution in [3.05, 3.63) is 59.9 Å². The monoisotopic (exact) mass is 364 g/mol. The second-order valence-corrected chi connectivity index (χ2v) is 6.95. The van der Waals surface area contributed by atoms with E-state index < -0.39 is 0 Å². The standard InChI is InChI=1S/C21H24N4O2/c1-15(16-3-6-18(7-4-16)25-9-11-27-12-10-25)23-21(26)17-5-8-20-19(13-17)22-14-24(20)2/h3-8,13-15H,9-12H2,1-2H3,(H,23,26). The van der Waals surface area contributed by atoms with E-state index in [0.717, 1.165) is 42.9 Å². The van der Waals surface area contributed by atoms with Crippen LogP contribution in [0.1, 0.15) is 28.9 Å². The molecule has 140 valence electrons. The van der Waals surface area contributed by atoms with Crippen LogP contribution in [0.25, 0.3) is 11.0 Å². The van der Waals surface area contributed by atoms with Crippen LogP contribution in [0.3, 0.4) is 0 Å². The van der Waals surface area contributed by atoms with Gasteiger partial charge in [-0.05, 0) is 42.8 Å². The molecule has 0 saturated carbocycles. The molecule has 1 atom stereocenters. The maximum absolute atomic E-state index is 12.6. The van der Waals surface area contributed by atoms with Gasteiger partial charge in [0.05, 0.1) is 36.6 Å². The number of benzene rings is 2. The number of anilines is 1. The van der Waals surface area contributed by atoms with Gasteiger partial charge in [0, 0.05) is 31.4 Å². The van der Waals surface area contributed by atoms with Gasteiger partial charge in [-0.3, -0.25) is 4.79 Å². The number of ether oxygens (including phenoxy) is 1. The number of carbonyl (C=O) groups excluding carboxylic acids is 1. The van der Waals surface area contributed by atoms with Gasteiger partial charge in [0.15, 0.2) is 0 Å². The summed E-state index contributed by atoms with van der Waals surface area (Å²) in [6.07, 6.45) is 1.75. The van der Waals surface area contributed by atoms with Crippen molar-refractivity contribution in [1.82, 2.24) is 14.9 Å². The molecule has 3 aromatic rings. The van der Waals surface area contributed by atoms with Crippen molar-refractivity contribution < 1.29 is 9.53 Å². The van der Waals surface area contributed by atoms with Crippen LogP contribution in [0.4, 0.5) is 5.69 Å². The number of fused-ring (bicyclic) bond motifs is 1. The van der Waals surface area contributed by atoms with Crippen molar-refractivity contribution in [3.8, 4) is 0 Å². The predicted molar refractivity (Wildman–Crippen MR) is 106 cm³/mol. The number of hydrogen-bond donors (Lipinski definition) is 1. The van der Waals surface area contributed by atoms with E-state index in [0.29, 0.717) is 5.56 Å². The molecular weight excluding hydrogens is 340 g/mol. The molecular formula is C21H24N4O2. The highest BCUT2D eigenvalue weighted by atomic mass is 16.5. The number of aromatic nitrogens is 2. The van der Waals surface area contributed by atoms with E-state index in [1.165, 1.54) is 5.69 Å². The first-order chi connectivity index (χ1) is 13.1. The van der Waals surface area contributed by atoms with Gasteiger partial charge in [0.1, 0.15) is 0 Å². The van der Waals surface area contributed by atoms with E-state index in [4.69, 9.17) is 4.74 Å². The lowest BCUT2D eigenvalue weighted by Crippen LogP contribution is -2.36. The molecule has 1 aliphatic heterocycles. The minimum absolute atomic E-state index is 0.0735. The predicted octanol–water partition coefficient (Wildman–Crippen LogP) is 2.90. The molecule has 1 aromatic heterocycles. The summed E-state index contributed by atoms with van der Waals surface area (Å²) >= 11 is 0. The zero-order valence-electron chi connectivity index (χ0n) is 15.7. The lowest BCUT2D eigenvalue weighted by atomic mass is 10.1. The molecule has 0 radical (unpaired) electrons. The van der Waals surface area contributed by atoms with Gasteiger partial charge in [-0.25, -0.2) is 4.98 Å². The third kappa shape index (κ3) is 3.66. The van der Waals surface area contributed by atoms with Crippen molar-refractivity contribution in [2.24, 2.45) is 7.05 Å². The number of morpholine rings is 1. The van der Waals surface area contributed by atoms with Gasteiger partial charge < -0.3 is 19.5 Å². The summed E-state index contributed by atoms with van der Waals surface area (Å²) in [5.74, 6) is -0.0905. The highest BCUT2D eigenvalue weighted by Crippen LogP contribution is 2.21. The highest BCUT2D eigenvalue weighted by molar-refractivity contribution is 5.97. The second kappa shape index (κ2) is 7.40. The molecule has 0 spiro atoms. The lowest BCUT2D eigenvalue weighted by Gasteiger charge is -2.29. The van der Waals surface area contributed by atoms with Crippen LogP contribution in [0, 0.1) is 0 Å². The highest BCUT2D eigenvalue weighted by Gasteiger charge is 2.15. The Bertz CT molecular complexity index is 942. The minimum Gasteiger partial charge on any atom is -0.378 e. The fourth-order valence-corrected chi connectivity index (χ4v) is 3.44. The van der Waals surface area contributed by atoms with Gasteiger partial charge in [-0.2, -0.15) is 0 Å². The van der Waals surface area contributed by atoms with Crippen LogP contribution in [-0.2, 0) is 11.8 Å². The Balaban J connectivity index is 1.44. The van der Waals surface area contributed by atoms with Gasteiger partial charge in [-0.15, -0.1) is 0 Å². The number of rotatable bonds is 4. The van der Waals surface area contributed by atoms with Crippen LogP contribution in [0.15, 0.2) is 48.8 Å². The van der Waals surface area contributed by atoms with Gasteiger partial charge in [0.25, 0.3) is 5.91 Å². The number of hydrogen-bond acceptors (Lipinski definition) is 4. The van der Waals surface area contributed by atoms with E-state index in [-0.39, 0.29) is 11.9 Å². The molecule has 4 rings (SSSR count). The second-order valence-electron chi connectivity index (χ2n) is 6.95. The molecule has 0 aliphatic carbocycles. The quantitative estimate of drug-likeness (QED) is 0.773. The van der Waals surface area contributed by atoms with Crippen LogP contribution in [0.5, 0.6) is 0 Å². The fraction of sp³-hybridized carbons (Fsp3) is 0.333. The van der Waals surface area contributed by atoms with Crippen molar-refractivity contribution in [3.63, 3.8) is 0 Å². The molecule has 1 aliphatic rings. The molecule has 1 N–H and O–H groups in total. The maximum atomic E-state index is 12.6. The molecule has 2 heterocycles. The van der Waals surface area contributed by atoms with Crippen LogP contribution < -0.4 is 10.2 Å². The molecule has 27 heavy (non-hydrogen) atoms. The van der Waals surface area contributed by atoms with Gasteiger partial charge in [-0.1, -0.05) is 12.1 Å². The van der Waals surface area contributed by atoms with Crippen LogP contribution >= 0.6 is 0 Å². The summed E-state index contributed by atoms with van der Waals surface area (Å²) in [5, 5.41) is 3.08. The average molecular weight is 364 g/mol. The number of imidazole rings is 1. The largest absolute Gasteiger partial charge is 0.378 e. The first-order valence-corrected chi connectivity index (χ1v) is 9.26. The lowest BCUT2D eigenvalue weighted by molar-refractivity contribution is 0.0940. The molecule has 0 bridgehead atoms. The molecule has 1 amide bonds. The molecule has 2 aromatic carbocycles. The van der Waals surface area contributed by atoms with E-state index in [2.05, 4.69) is 39.5 Å². The van der Waals surface area contributed by atoms with E-state index in [1.54, 1.807) is 6.33 Å². The van der Waals surface area contributed by atoms with Crippen molar-refractivity contribution in [1.29, 1.82) is 0 Å². The van der Waals surface area contributed by atoms with E-state index >= 15 is 0 Å². The van der Waals surface area contributed by atoms with Crippen molar-refractivity contribution >= 4 is 22.6 Å². The normalized spacial score (nSPS) is 15.7. The molecule has 6 heteroatoms. The molecule has 6 nitrogen and oxygen atoms in total. The van der Waals surface area contributed by atoms with Gasteiger partial charge >= 0.3 is 0 Å². The number of amides is 1. The van der Waals surface area contributed by atoms with Crippen molar-refractivity contribution in [2.45, 2.75) is 13.0 Å². The zero-order valence-corrected chi connectivity index (χ0v) is 15.7. The zero-order chi connectivity index (χ0) is 18.8. The SMILES string of the molecule is CC(NC(=O)c1ccc2c(c1)ncn2C)c1ccc(N2CCOCC2)cc1. The molecule has 1 saturated heterocycles. The summed E-state index contributed by atoms with van der Waals surface area (Å²) in [6.45, 7) is 5.38. The Kier molecular flexibility index (Phi) is 4.81. The van der Waals surface area contributed by atoms with Gasteiger partial charge in [0.2, 0.25) is 0 Å². The maximum Gasteiger partial charge on any atom is 0.251 e. The number of aryl methyl sites for hydroxylation is 1.